The molecule has 0 aliphatic carbocycles. The van der Waals surface area contributed by atoms with Gasteiger partial charge in [0.15, 0.2) is 11.4 Å². The molecule has 4 nitrogen and oxygen atoms in total. The average Bonchev–Trinajstić information content (AvgIpc) is 2.82. The van der Waals surface area contributed by atoms with Crippen LogP contribution in [0.4, 0.5) is 0 Å². The van der Waals surface area contributed by atoms with Gasteiger partial charge in [0.05, 0.1) is 7.11 Å². The maximum Gasteiger partial charge on any atom is 0.173 e. The molecule has 2 aromatic rings. The molecule has 0 saturated heterocycles. The van der Waals surface area contributed by atoms with Crippen LogP contribution in [0.5, 0.6) is 5.75 Å². The van der Waals surface area contributed by atoms with Gasteiger partial charge in [0.25, 0.3) is 0 Å². The summed E-state index contributed by atoms with van der Waals surface area (Å²) in [6.07, 6.45) is 4.40. The largest absolute Gasteiger partial charge is 0.497 e. The molecular formula is C12H12N2O2S. The number of imidazole rings is 1. The number of aromatic nitrogens is 2. The summed E-state index contributed by atoms with van der Waals surface area (Å²) < 4.78 is 6.98. The van der Waals surface area contributed by atoms with Crippen LogP contribution in [0.3, 0.4) is 0 Å². The first-order valence-electron chi connectivity index (χ1n) is 5.01. The molecule has 1 aromatic carbocycles. The summed E-state index contributed by atoms with van der Waals surface area (Å²) in [4.78, 5) is 14.9. The van der Waals surface area contributed by atoms with Gasteiger partial charge in [0.2, 0.25) is 0 Å². The van der Waals surface area contributed by atoms with E-state index in [0.717, 1.165) is 22.9 Å². The molecule has 0 N–H and O–H groups in total. The first-order valence-corrected chi connectivity index (χ1v) is 6.24. The first-order chi connectivity index (χ1) is 8.28. The summed E-state index contributed by atoms with van der Waals surface area (Å²) in [6, 6.07) is 7.60. The van der Waals surface area contributed by atoms with E-state index in [1.165, 1.54) is 11.8 Å². The van der Waals surface area contributed by atoms with Crippen LogP contribution in [0, 0.1) is 0 Å². The molecule has 88 valence electrons. The number of benzene rings is 1. The lowest BCUT2D eigenvalue weighted by molar-refractivity contribution is 0.111. The molecule has 0 saturated carbocycles. The van der Waals surface area contributed by atoms with Gasteiger partial charge in [-0.15, -0.1) is 0 Å². The number of hydrogen-bond acceptors (Lipinski definition) is 4. The molecule has 5 heteroatoms. The number of carbonyl (C=O) groups excluding carboxylic acids is 1. The summed E-state index contributed by atoms with van der Waals surface area (Å²) in [5.41, 5.74) is 1.39. The van der Waals surface area contributed by atoms with Gasteiger partial charge in [0, 0.05) is 11.9 Å². The highest BCUT2D eigenvalue weighted by molar-refractivity contribution is 7.98. The fourth-order valence-electron chi connectivity index (χ4n) is 1.51. The van der Waals surface area contributed by atoms with Crippen LogP contribution in [0.15, 0.2) is 35.6 Å². The van der Waals surface area contributed by atoms with Crippen LogP contribution < -0.4 is 4.74 Å². The molecule has 2 rings (SSSR count). The molecule has 0 amide bonds. The van der Waals surface area contributed by atoms with E-state index in [1.54, 1.807) is 13.3 Å². The summed E-state index contributed by atoms with van der Waals surface area (Å²) in [5, 5.41) is 0.789. The van der Waals surface area contributed by atoms with Crippen molar-refractivity contribution in [2.24, 2.45) is 0 Å². The summed E-state index contributed by atoms with van der Waals surface area (Å²) >= 11 is 1.50. The number of aldehydes is 1. The Balaban J connectivity index is 2.43. The van der Waals surface area contributed by atoms with Crippen LogP contribution in [-0.2, 0) is 0 Å². The van der Waals surface area contributed by atoms with Gasteiger partial charge in [-0.3, -0.25) is 9.36 Å². The maximum absolute atomic E-state index is 10.7. The van der Waals surface area contributed by atoms with Crippen LogP contribution in [0.2, 0.25) is 0 Å². The highest BCUT2D eigenvalue weighted by atomic mass is 32.2. The zero-order valence-electron chi connectivity index (χ0n) is 9.58. The highest BCUT2D eigenvalue weighted by Crippen LogP contribution is 2.21. The Morgan fingerprint density at radius 1 is 1.35 bits per heavy atom. The third-order valence-electron chi connectivity index (χ3n) is 2.35. The van der Waals surface area contributed by atoms with Crippen LogP contribution in [0.1, 0.15) is 10.5 Å². The smallest absolute Gasteiger partial charge is 0.173 e. The average molecular weight is 248 g/mol. The van der Waals surface area contributed by atoms with Crippen molar-refractivity contribution >= 4 is 18.0 Å². The second-order valence-corrected chi connectivity index (χ2v) is 4.11. The lowest BCUT2D eigenvalue weighted by Crippen LogP contribution is -1.94. The van der Waals surface area contributed by atoms with Crippen molar-refractivity contribution in [2.75, 3.05) is 13.4 Å². The molecule has 17 heavy (non-hydrogen) atoms. The van der Waals surface area contributed by atoms with Crippen molar-refractivity contribution in [1.82, 2.24) is 9.55 Å². The molecule has 1 heterocycles. The molecule has 0 spiro atoms. The number of rotatable bonds is 4. The number of hydrogen-bond donors (Lipinski definition) is 0. The van der Waals surface area contributed by atoms with Crippen molar-refractivity contribution in [3.63, 3.8) is 0 Å². The summed E-state index contributed by atoms with van der Waals surface area (Å²) in [5.74, 6) is 0.801. The maximum atomic E-state index is 10.7. The van der Waals surface area contributed by atoms with Gasteiger partial charge < -0.3 is 4.74 Å². The molecular weight excluding hydrogens is 236 g/mol. The van der Waals surface area contributed by atoms with Crippen molar-refractivity contribution in [3.8, 4) is 11.4 Å². The number of methoxy groups -OCH3 is 1. The predicted molar refractivity (Wildman–Crippen MR) is 67.3 cm³/mol. The van der Waals surface area contributed by atoms with E-state index in [-0.39, 0.29) is 0 Å². The number of thioether (sulfide) groups is 1. The van der Waals surface area contributed by atoms with E-state index in [0.29, 0.717) is 5.69 Å². The first kappa shape index (κ1) is 11.7. The van der Waals surface area contributed by atoms with E-state index in [2.05, 4.69) is 4.98 Å². The summed E-state index contributed by atoms with van der Waals surface area (Å²) in [6.45, 7) is 0. The van der Waals surface area contributed by atoms with Crippen molar-refractivity contribution in [3.05, 3.63) is 36.2 Å². The Kier molecular flexibility index (Phi) is 3.49. The second-order valence-electron chi connectivity index (χ2n) is 3.34. The van der Waals surface area contributed by atoms with Crippen molar-refractivity contribution in [1.29, 1.82) is 0 Å². The van der Waals surface area contributed by atoms with E-state index < -0.39 is 0 Å². The molecule has 1 aromatic heterocycles. The topological polar surface area (TPSA) is 44.1 Å². The highest BCUT2D eigenvalue weighted by Gasteiger charge is 2.08. The number of nitrogens with zero attached hydrogens (tertiary/aromatic N) is 2. The van der Waals surface area contributed by atoms with Crippen molar-refractivity contribution < 1.29 is 9.53 Å². The van der Waals surface area contributed by atoms with Gasteiger partial charge in [-0.1, -0.05) is 11.8 Å². The zero-order valence-corrected chi connectivity index (χ0v) is 10.4. The van der Waals surface area contributed by atoms with E-state index in [4.69, 9.17) is 4.74 Å². The third kappa shape index (κ3) is 2.34. The van der Waals surface area contributed by atoms with E-state index >= 15 is 0 Å². The van der Waals surface area contributed by atoms with Gasteiger partial charge in [0.1, 0.15) is 11.4 Å². The normalized spacial score (nSPS) is 10.2. The fourth-order valence-corrected chi connectivity index (χ4v) is 2.06. The molecule has 0 fully saturated rings. The van der Waals surface area contributed by atoms with Gasteiger partial charge in [-0.05, 0) is 30.5 Å². The third-order valence-corrected chi connectivity index (χ3v) is 3.00. The molecule has 0 aliphatic rings. The quantitative estimate of drug-likeness (QED) is 0.615. The number of ether oxygens (including phenoxy) is 1. The zero-order chi connectivity index (χ0) is 12.3. The van der Waals surface area contributed by atoms with Crippen LogP contribution >= 0.6 is 11.8 Å². The Morgan fingerprint density at radius 3 is 2.59 bits per heavy atom. The Bertz CT molecular complexity index is 520. The van der Waals surface area contributed by atoms with Crippen LogP contribution in [0.25, 0.3) is 5.69 Å². The molecule has 0 atom stereocenters. The second kappa shape index (κ2) is 5.05. The molecule has 0 radical (unpaired) electrons. The van der Waals surface area contributed by atoms with Crippen LogP contribution in [-0.4, -0.2) is 29.2 Å². The van der Waals surface area contributed by atoms with Crippen molar-refractivity contribution in [2.45, 2.75) is 5.16 Å². The standard InChI is InChI=1S/C12H12N2O2S/c1-16-11-5-3-10(4-6-11)14-7-9(8-15)13-12(14)17-2/h3-8H,1-2H3. The Morgan fingerprint density at radius 2 is 2.06 bits per heavy atom. The fraction of sp³-hybridized carbons (Fsp3) is 0.167. The Hall–Kier alpha value is -1.75. The lowest BCUT2D eigenvalue weighted by atomic mass is 10.3. The van der Waals surface area contributed by atoms with Gasteiger partial charge in [-0.25, -0.2) is 4.98 Å². The molecule has 0 bridgehead atoms. The SMILES string of the molecule is COc1ccc(-n2cc(C=O)nc2SC)cc1. The minimum Gasteiger partial charge on any atom is -0.497 e. The monoisotopic (exact) mass is 248 g/mol. The predicted octanol–water partition coefficient (Wildman–Crippen LogP) is 2.42. The minimum atomic E-state index is 0.435. The molecule has 0 unspecified atom stereocenters. The Labute approximate surface area is 104 Å². The molecule has 0 aliphatic heterocycles. The van der Waals surface area contributed by atoms with E-state index in [9.17, 15) is 4.79 Å². The van der Waals surface area contributed by atoms with Gasteiger partial charge >= 0.3 is 0 Å². The number of carbonyl (C=O) groups is 1. The summed E-state index contributed by atoms with van der Waals surface area (Å²) in [7, 11) is 1.63. The van der Waals surface area contributed by atoms with E-state index in [1.807, 2.05) is 35.1 Å². The van der Waals surface area contributed by atoms with Gasteiger partial charge in [-0.2, -0.15) is 0 Å². The minimum absolute atomic E-state index is 0.435. The lowest BCUT2D eigenvalue weighted by Gasteiger charge is -2.06.